The molecule has 0 heterocycles. The van der Waals surface area contributed by atoms with Crippen LogP contribution >= 0.6 is 0 Å². The lowest BCUT2D eigenvalue weighted by atomic mass is 10.0. The van der Waals surface area contributed by atoms with Gasteiger partial charge in [0.2, 0.25) is 0 Å². The number of hydrogen-bond donors (Lipinski definition) is 1. The Bertz CT molecular complexity index is 576. The minimum Gasteiger partial charge on any atom is -0.493 e. The Hall–Kier alpha value is -2.16. The van der Waals surface area contributed by atoms with E-state index in [1.54, 1.807) is 14.2 Å². The first kappa shape index (κ1) is 15.2. The van der Waals surface area contributed by atoms with E-state index in [4.69, 9.17) is 9.47 Å². The standard InChI is InChI=1S/C18H23NO2/c1-13(2)15-7-5-14(6-8-15)12-19-16-9-10-17(20-3)18(11-16)21-4/h5-11,13,19H,12H2,1-4H3. The van der Waals surface area contributed by atoms with Crippen LogP contribution in [0.4, 0.5) is 5.69 Å². The zero-order valence-electron chi connectivity index (χ0n) is 13.1. The monoisotopic (exact) mass is 285 g/mol. The Labute approximate surface area is 126 Å². The summed E-state index contributed by atoms with van der Waals surface area (Å²) in [5.74, 6) is 2.04. The summed E-state index contributed by atoms with van der Waals surface area (Å²) >= 11 is 0. The van der Waals surface area contributed by atoms with Gasteiger partial charge in [-0.25, -0.2) is 0 Å². The van der Waals surface area contributed by atoms with Gasteiger partial charge in [-0.3, -0.25) is 0 Å². The molecule has 0 aliphatic carbocycles. The molecule has 0 fully saturated rings. The molecular weight excluding hydrogens is 262 g/mol. The lowest BCUT2D eigenvalue weighted by Gasteiger charge is -2.12. The van der Waals surface area contributed by atoms with Gasteiger partial charge in [-0.1, -0.05) is 38.1 Å². The number of benzene rings is 2. The van der Waals surface area contributed by atoms with Crippen molar-refractivity contribution in [3.63, 3.8) is 0 Å². The normalized spacial score (nSPS) is 10.5. The molecule has 0 amide bonds. The Morgan fingerprint density at radius 2 is 1.57 bits per heavy atom. The molecule has 1 N–H and O–H groups in total. The summed E-state index contributed by atoms with van der Waals surface area (Å²) in [6.07, 6.45) is 0. The molecule has 112 valence electrons. The minimum absolute atomic E-state index is 0.567. The summed E-state index contributed by atoms with van der Waals surface area (Å²) in [5.41, 5.74) is 3.64. The van der Waals surface area contributed by atoms with Crippen LogP contribution < -0.4 is 14.8 Å². The molecule has 0 spiro atoms. The molecule has 0 aliphatic rings. The number of hydrogen-bond acceptors (Lipinski definition) is 3. The van der Waals surface area contributed by atoms with Crippen LogP contribution in [0.3, 0.4) is 0 Å². The van der Waals surface area contributed by atoms with Crippen molar-refractivity contribution in [3.05, 3.63) is 53.6 Å². The average molecular weight is 285 g/mol. The van der Waals surface area contributed by atoms with Gasteiger partial charge in [-0.2, -0.15) is 0 Å². The molecule has 0 atom stereocenters. The van der Waals surface area contributed by atoms with Gasteiger partial charge in [0.15, 0.2) is 11.5 Å². The second kappa shape index (κ2) is 7.02. The third-order valence-electron chi connectivity index (χ3n) is 3.53. The molecule has 0 radical (unpaired) electrons. The molecule has 0 aliphatic heterocycles. The second-order valence-electron chi connectivity index (χ2n) is 5.32. The Kier molecular flexibility index (Phi) is 5.09. The maximum atomic E-state index is 5.31. The fourth-order valence-corrected chi connectivity index (χ4v) is 2.17. The van der Waals surface area contributed by atoms with E-state index in [2.05, 4.69) is 43.4 Å². The van der Waals surface area contributed by atoms with Crippen molar-refractivity contribution in [1.82, 2.24) is 0 Å². The van der Waals surface area contributed by atoms with Crippen LogP contribution in [0.1, 0.15) is 30.9 Å². The highest BCUT2D eigenvalue weighted by atomic mass is 16.5. The van der Waals surface area contributed by atoms with Gasteiger partial charge in [-0.05, 0) is 29.2 Å². The van der Waals surface area contributed by atoms with Gasteiger partial charge >= 0.3 is 0 Å². The summed E-state index contributed by atoms with van der Waals surface area (Å²) in [6.45, 7) is 5.20. The van der Waals surface area contributed by atoms with E-state index in [-0.39, 0.29) is 0 Å². The van der Waals surface area contributed by atoms with Gasteiger partial charge < -0.3 is 14.8 Å². The van der Waals surface area contributed by atoms with E-state index in [1.165, 1.54) is 11.1 Å². The summed E-state index contributed by atoms with van der Waals surface area (Å²) in [7, 11) is 3.29. The highest BCUT2D eigenvalue weighted by Crippen LogP contribution is 2.29. The first-order valence-corrected chi connectivity index (χ1v) is 7.18. The average Bonchev–Trinajstić information content (AvgIpc) is 2.52. The quantitative estimate of drug-likeness (QED) is 0.851. The minimum atomic E-state index is 0.567. The molecule has 21 heavy (non-hydrogen) atoms. The zero-order chi connectivity index (χ0) is 15.2. The SMILES string of the molecule is COc1ccc(NCc2ccc(C(C)C)cc2)cc1OC. The first-order chi connectivity index (χ1) is 10.1. The summed E-state index contributed by atoms with van der Waals surface area (Å²) in [6, 6.07) is 14.6. The molecule has 0 aromatic heterocycles. The lowest BCUT2D eigenvalue weighted by Crippen LogP contribution is -2.00. The molecule has 2 aromatic rings. The molecule has 3 nitrogen and oxygen atoms in total. The van der Waals surface area contributed by atoms with Gasteiger partial charge in [0.05, 0.1) is 14.2 Å². The number of rotatable bonds is 6. The summed E-state index contributed by atoms with van der Waals surface area (Å²) in [5, 5.41) is 3.40. The third-order valence-corrected chi connectivity index (χ3v) is 3.53. The van der Waals surface area contributed by atoms with Crippen LogP contribution in [0.5, 0.6) is 11.5 Å². The Balaban J connectivity index is 2.02. The van der Waals surface area contributed by atoms with Crippen LogP contribution in [0.15, 0.2) is 42.5 Å². The smallest absolute Gasteiger partial charge is 0.162 e. The fourth-order valence-electron chi connectivity index (χ4n) is 2.17. The highest BCUT2D eigenvalue weighted by Gasteiger charge is 2.04. The van der Waals surface area contributed by atoms with Crippen LogP contribution in [0.2, 0.25) is 0 Å². The number of ether oxygens (including phenoxy) is 2. The third kappa shape index (κ3) is 3.91. The topological polar surface area (TPSA) is 30.5 Å². The van der Waals surface area contributed by atoms with E-state index >= 15 is 0 Å². The zero-order valence-corrected chi connectivity index (χ0v) is 13.1. The summed E-state index contributed by atoms with van der Waals surface area (Å²) in [4.78, 5) is 0. The first-order valence-electron chi connectivity index (χ1n) is 7.18. The summed E-state index contributed by atoms with van der Waals surface area (Å²) < 4.78 is 10.5. The predicted molar refractivity (Wildman–Crippen MR) is 87.4 cm³/mol. The van der Waals surface area contributed by atoms with Crippen LogP contribution in [0, 0.1) is 0 Å². The van der Waals surface area contributed by atoms with Crippen molar-refractivity contribution in [1.29, 1.82) is 0 Å². The van der Waals surface area contributed by atoms with Crippen molar-refractivity contribution in [2.45, 2.75) is 26.3 Å². The fraction of sp³-hybridized carbons (Fsp3) is 0.333. The van der Waals surface area contributed by atoms with Gasteiger partial charge in [0, 0.05) is 18.3 Å². The second-order valence-corrected chi connectivity index (χ2v) is 5.32. The van der Waals surface area contributed by atoms with Gasteiger partial charge in [-0.15, -0.1) is 0 Å². The van der Waals surface area contributed by atoms with Crippen molar-refractivity contribution in [2.24, 2.45) is 0 Å². The molecule has 3 heteroatoms. The van der Waals surface area contributed by atoms with Crippen LogP contribution in [0.25, 0.3) is 0 Å². The molecule has 0 bridgehead atoms. The predicted octanol–water partition coefficient (Wildman–Crippen LogP) is 4.44. The van der Waals surface area contributed by atoms with Crippen LogP contribution in [-0.2, 0) is 6.54 Å². The molecule has 0 saturated carbocycles. The number of anilines is 1. The molecule has 0 saturated heterocycles. The van der Waals surface area contributed by atoms with E-state index in [0.29, 0.717) is 5.92 Å². The maximum absolute atomic E-state index is 5.31. The van der Waals surface area contributed by atoms with Gasteiger partial charge in [0.25, 0.3) is 0 Å². The molecule has 2 aromatic carbocycles. The Morgan fingerprint density at radius 3 is 2.14 bits per heavy atom. The largest absolute Gasteiger partial charge is 0.493 e. The van der Waals surface area contributed by atoms with E-state index in [9.17, 15) is 0 Å². The molecular formula is C18H23NO2. The van der Waals surface area contributed by atoms with Crippen LogP contribution in [-0.4, -0.2) is 14.2 Å². The number of methoxy groups -OCH3 is 2. The van der Waals surface area contributed by atoms with Crippen molar-refractivity contribution in [2.75, 3.05) is 19.5 Å². The van der Waals surface area contributed by atoms with E-state index in [1.807, 2.05) is 18.2 Å². The highest BCUT2D eigenvalue weighted by molar-refractivity contribution is 5.55. The Morgan fingerprint density at radius 1 is 0.905 bits per heavy atom. The lowest BCUT2D eigenvalue weighted by molar-refractivity contribution is 0.355. The van der Waals surface area contributed by atoms with Crippen molar-refractivity contribution < 1.29 is 9.47 Å². The van der Waals surface area contributed by atoms with Gasteiger partial charge in [0.1, 0.15) is 0 Å². The molecule has 2 rings (SSSR count). The number of nitrogens with one attached hydrogen (secondary N) is 1. The van der Waals surface area contributed by atoms with Crippen molar-refractivity contribution >= 4 is 5.69 Å². The van der Waals surface area contributed by atoms with E-state index in [0.717, 1.165) is 23.7 Å². The van der Waals surface area contributed by atoms with Crippen molar-refractivity contribution in [3.8, 4) is 11.5 Å². The van der Waals surface area contributed by atoms with E-state index < -0.39 is 0 Å². The molecule has 0 unspecified atom stereocenters. The maximum Gasteiger partial charge on any atom is 0.162 e.